The van der Waals surface area contributed by atoms with Gasteiger partial charge in [0.2, 0.25) is 5.91 Å². The van der Waals surface area contributed by atoms with Gasteiger partial charge in [-0.25, -0.2) is 4.79 Å². The molecule has 0 aliphatic carbocycles. The van der Waals surface area contributed by atoms with Crippen LogP contribution >= 0.6 is 0 Å². The molecule has 5 heteroatoms. The van der Waals surface area contributed by atoms with Crippen molar-refractivity contribution in [2.24, 2.45) is 5.92 Å². The molecule has 1 aliphatic rings. The van der Waals surface area contributed by atoms with E-state index >= 15 is 0 Å². The minimum absolute atomic E-state index is 0.00177. The zero-order valence-electron chi connectivity index (χ0n) is 17.5. The van der Waals surface area contributed by atoms with Crippen molar-refractivity contribution in [2.45, 2.75) is 72.5 Å². The molecule has 0 radical (unpaired) electrons. The summed E-state index contributed by atoms with van der Waals surface area (Å²) in [5.41, 5.74) is 1.91. The number of nitrogens with zero attached hydrogens (tertiary/aromatic N) is 2. The van der Waals surface area contributed by atoms with E-state index in [2.05, 4.69) is 45.1 Å². The van der Waals surface area contributed by atoms with Crippen LogP contribution in [0.25, 0.3) is 0 Å². The predicted molar refractivity (Wildman–Crippen MR) is 109 cm³/mol. The standard InChI is InChI=1S/C22H35N3O2/c1-6-12-24(13-7-2)21(27)23-15-18-8-10-19(11-9-18)16-25-20(26)22(25,5)14-17(3)4/h8-11,17H,6-7,12-16H2,1-5H3,(H,23,27). The van der Waals surface area contributed by atoms with Gasteiger partial charge in [-0.05, 0) is 43.2 Å². The van der Waals surface area contributed by atoms with Gasteiger partial charge in [0.25, 0.3) is 0 Å². The van der Waals surface area contributed by atoms with Crippen molar-refractivity contribution >= 4 is 11.9 Å². The first-order valence-corrected chi connectivity index (χ1v) is 10.2. The van der Waals surface area contributed by atoms with Crippen LogP contribution in [0.15, 0.2) is 24.3 Å². The second-order valence-corrected chi connectivity index (χ2v) is 8.23. The van der Waals surface area contributed by atoms with E-state index < -0.39 is 0 Å². The summed E-state index contributed by atoms with van der Waals surface area (Å²) in [6.07, 6.45) is 2.84. The van der Waals surface area contributed by atoms with Crippen molar-refractivity contribution in [1.82, 2.24) is 15.1 Å². The van der Waals surface area contributed by atoms with Crippen LogP contribution in [0, 0.1) is 5.92 Å². The van der Waals surface area contributed by atoms with Gasteiger partial charge in [0, 0.05) is 26.2 Å². The lowest BCUT2D eigenvalue weighted by Crippen LogP contribution is -2.40. The Balaban J connectivity index is 1.85. The molecule has 1 aliphatic heterocycles. The lowest BCUT2D eigenvalue weighted by Gasteiger charge is -2.22. The molecule has 27 heavy (non-hydrogen) atoms. The number of hydrogen-bond donors (Lipinski definition) is 1. The van der Waals surface area contributed by atoms with Crippen LogP contribution < -0.4 is 5.32 Å². The highest BCUT2D eigenvalue weighted by molar-refractivity contribution is 6.01. The first-order chi connectivity index (χ1) is 12.8. The fourth-order valence-electron chi connectivity index (χ4n) is 3.73. The minimum Gasteiger partial charge on any atom is -0.334 e. The third kappa shape index (κ3) is 5.47. The maximum Gasteiger partial charge on any atom is 0.317 e. The second kappa shape index (κ2) is 9.25. The first kappa shape index (κ1) is 21.3. The van der Waals surface area contributed by atoms with Crippen molar-refractivity contribution < 1.29 is 9.59 Å². The number of rotatable bonds is 10. The van der Waals surface area contributed by atoms with E-state index in [1.165, 1.54) is 0 Å². The van der Waals surface area contributed by atoms with Crippen molar-refractivity contribution in [3.63, 3.8) is 0 Å². The average Bonchev–Trinajstić information content (AvgIpc) is 3.11. The molecule has 0 spiro atoms. The molecule has 1 heterocycles. The van der Waals surface area contributed by atoms with Crippen molar-refractivity contribution in [1.29, 1.82) is 0 Å². The summed E-state index contributed by atoms with van der Waals surface area (Å²) in [5.74, 6) is 0.759. The average molecular weight is 374 g/mol. The van der Waals surface area contributed by atoms with E-state index in [1.54, 1.807) is 0 Å². The van der Waals surface area contributed by atoms with Gasteiger partial charge in [-0.1, -0.05) is 52.0 Å². The topological polar surface area (TPSA) is 52.4 Å². The summed E-state index contributed by atoms with van der Waals surface area (Å²) in [4.78, 5) is 28.3. The van der Waals surface area contributed by atoms with Crippen LogP contribution in [-0.4, -0.2) is 40.4 Å². The Morgan fingerprint density at radius 3 is 2.19 bits per heavy atom. The molecule has 150 valence electrons. The summed E-state index contributed by atoms with van der Waals surface area (Å²) >= 11 is 0. The molecule has 1 saturated heterocycles. The van der Waals surface area contributed by atoms with Crippen molar-refractivity contribution in [3.8, 4) is 0 Å². The van der Waals surface area contributed by atoms with E-state index in [9.17, 15) is 9.59 Å². The highest BCUT2D eigenvalue weighted by Gasteiger charge is 2.57. The van der Waals surface area contributed by atoms with E-state index in [0.717, 1.165) is 43.5 Å². The molecular formula is C22H35N3O2. The lowest BCUT2D eigenvalue weighted by molar-refractivity contribution is -0.114. The van der Waals surface area contributed by atoms with E-state index in [4.69, 9.17) is 0 Å². The van der Waals surface area contributed by atoms with Crippen LogP contribution in [0.5, 0.6) is 0 Å². The number of nitrogens with one attached hydrogen (secondary N) is 1. The monoisotopic (exact) mass is 373 g/mol. The van der Waals surface area contributed by atoms with Crippen LogP contribution in [0.1, 0.15) is 65.0 Å². The number of amides is 3. The SMILES string of the molecule is CCCN(CCC)C(=O)NCc1ccc(CN2C(=O)C2(C)CC(C)C)cc1. The quantitative estimate of drug-likeness (QED) is 0.626. The van der Waals surface area contributed by atoms with Crippen molar-refractivity contribution in [2.75, 3.05) is 13.1 Å². The normalized spacial score (nSPS) is 18.7. The van der Waals surface area contributed by atoms with Crippen LogP contribution in [-0.2, 0) is 17.9 Å². The Morgan fingerprint density at radius 1 is 1.11 bits per heavy atom. The van der Waals surface area contributed by atoms with E-state index in [0.29, 0.717) is 19.0 Å². The molecule has 1 N–H and O–H groups in total. The summed E-state index contributed by atoms with van der Waals surface area (Å²) in [7, 11) is 0. The third-order valence-electron chi connectivity index (χ3n) is 5.14. The Bertz CT molecular complexity index is 635. The van der Waals surface area contributed by atoms with Gasteiger partial charge < -0.3 is 15.1 Å². The van der Waals surface area contributed by atoms with Gasteiger partial charge in [-0.2, -0.15) is 0 Å². The molecule has 0 saturated carbocycles. The molecule has 2 rings (SSSR count). The highest BCUT2D eigenvalue weighted by Crippen LogP contribution is 2.40. The van der Waals surface area contributed by atoms with Gasteiger partial charge >= 0.3 is 6.03 Å². The zero-order valence-corrected chi connectivity index (χ0v) is 17.5. The minimum atomic E-state index is -0.289. The van der Waals surface area contributed by atoms with Gasteiger partial charge in [0.1, 0.15) is 5.54 Å². The Morgan fingerprint density at radius 2 is 1.67 bits per heavy atom. The molecule has 5 nitrogen and oxygen atoms in total. The second-order valence-electron chi connectivity index (χ2n) is 8.23. The molecule has 1 atom stereocenters. The molecule has 0 aromatic heterocycles. The van der Waals surface area contributed by atoms with Crippen LogP contribution in [0.3, 0.4) is 0 Å². The maximum atomic E-state index is 12.3. The number of carbonyl (C=O) groups excluding carboxylic acids is 2. The maximum absolute atomic E-state index is 12.3. The molecule has 1 fully saturated rings. The molecular weight excluding hydrogens is 338 g/mol. The van der Waals surface area contributed by atoms with Crippen molar-refractivity contribution in [3.05, 3.63) is 35.4 Å². The lowest BCUT2D eigenvalue weighted by atomic mass is 9.98. The van der Waals surface area contributed by atoms with E-state index in [1.807, 2.05) is 28.9 Å². The van der Waals surface area contributed by atoms with Gasteiger partial charge in [0.15, 0.2) is 0 Å². The highest BCUT2D eigenvalue weighted by atomic mass is 16.2. The largest absolute Gasteiger partial charge is 0.334 e. The summed E-state index contributed by atoms with van der Waals surface area (Å²) in [5, 5.41) is 3.01. The molecule has 1 aromatic rings. The number of urea groups is 1. The summed E-state index contributed by atoms with van der Waals surface area (Å²) in [6, 6.07) is 8.18. The van der Waals surface area contributed by atoms with Gasteiger partial charge in [-0.15, -0.1) is 0 Å². The number of carbonyl (C=O) groups is 2. The zero-order chi connectivity index (χ0) is 20.0. The summed E-state index contributed by atoms with van der Waals surface area (Å²) in [6.45, 7) is 13.3. The predicted octanol–water partition coefficient (Wildman–Crippen LogP) is 4.17. The Kier molecular flexibility index (Phi) is 7.28. The number of hydrogen-bond acceptors (Lipinski definition) is 2. The third-order valence-corrected chi connectivity index (χ3v) is 5.14. The fourth-order valence-corrected chi connectivity index (χ4v) is 3.73. The Hall–Kier alpha value is -2.04. The van der Waals surface area contributed by atoms with Crippen LogP contribution in [0.2, 0.25) is 0 Å². The van der Waals surface area contributed by atoms with Crippen LogP contribution in [0.4, 0.5) is 4.79 Å². The molecule has 1 unspecified atom stereocenters. The van der Waals surface area contributed by atoms with Gasteiger partial charge in [-0.3, -0.25) is 4.79 Å². The summed E-state index contributed by atoms with van der Waals surface area (Å²) < 4.78 is 0. The first-order valence-electron chi connectivity index (χ1n) is 10.2. The molecule has 3 amide bonds. The number of benzene rings is 1. The van der Waals surface area contributed by atoms with Gasteiger partial charge in [0.05, 0.1) is 0 Å². The smallest absolute Gasteiger partial charge is 0.317 e. The van der Waals surface area contributed by atoms with E-state index in [-0.39, 0.29) is 17.5 Å². The molecule has 0 bridgehead atoms. The molecule has 1 aromatic carbocycles. The Labute approximate surface area is 164 Å². The fraction of sp³-hybridized carbons (Fsp3) is 0.636.